The summed E-state index contributed by atoms with van der Waals surface area (Å²) in [6.07, 6.45) is 0. The van der Waals surface area contributed by atoms with Crippen LogP contribution in [-0.4, -0.2) is 27.1 Å². The maximum absolute atomic E-state index is 12.7. The van der Waals surface area contributed by atoms with Crippen molar-refractivity contribution in [2.75, 3.05) is 27.1 Å². The third-order valence-electron chi connectivity index (χ3n) is 3.16. The molecule has 0 spiro atoms. The first-order valence-electron chi connectivity index (χ1n) is 6.31. The molecule has 0 unspecified atom stereocenters. The van der Waals surface area contributed by atoms with Crippen molar-refractivity contribution in [1.82, 2.24) is 0 Å². The van der Waals surface area contributed by atoms with Crippen molar-refractivity contribution in [1.29, 1.82) is 0 Å². The summed E-state index contributed by atoms with van der Waals surface area (Å²) in [5, 5.41) is 0. The van der Waals surface area contributed by atoms with Gasteiger partial charge in [-0.3, -0.25) is 4.79 Å². The third kappa shape index (κ3) is 2.91. The average molecular weight is 287 g/mol. The quantitative estimate of drug-likeness (QED) is 0.676. The van der Waals surface area contributed by atoms with E-state index in [2.05, 4.69) is 0 Å². The molecule has 21 heavy (non-hydrogen) atoms. The molecule has 0 fully saturated rings. The van der Waals surface area contributed by atoms with Crippen LogP contribution in [0.2, 0.25) is 0 Å². The summed E-state index contributed by atoms with van der Waals surface area (Å²) in [4.78, 5) is 12.7. The number of ether oxygens (including phenoxy) is 3. The summed E-state index contributed by atoms with van der Waals surface area (Å²) >= 11 is 0. The number of nitrogens with two attached hydrogens (primary N) is 1. The first-order chi connectivity index (χ1) is 10.1. The van der Waals surface area contributed by atoms with Crippen LogP contribution < -0.4 is 19.9 Å². The molecule has 0 aliphatic carbocycles. The lowest BCUT2D eigenvalue weighted by molar-refractivity contribution is 0.103. The molecule has 0 amide bonds. The first-order valence-corrected chi connectivity index (χ1v) is 6.31. The Kier molecular flexibility index (Phi) is 4.33. The summed E-state index contributed by atoms with van der Waals surface area (Å²) in [6, 6.07) is 9.98. The molecule has 0 radical (unpaired) electrons. The molecule has 0 aromatic heterocycles. The zero-order chi connectivity index (χ0) is 15.4. The van der Waals surface area contributed by atoms with E-state index >= 15 is 0 Å². The fraction of sp³-hybridized carbons (Fsp3) is 0.188. The van der Waals surface area contributed by atoms with Gasteiger partial charge in [0.2, 0.25) is 0 Å². The molecule has 0 heterocycles. The van der Waals surface area contributed by atoms with E-state index in [0.29, 0.717) is 34.1 Å². The number of rotatable bonds is 5. The molecule has 0 aliphatic rings. The van der Waals surface area contributed by atoms with E-state index in [1.54, 1.807) is 36.4 Å². The Bertz CT molecular complexity index is 667. The number of ketones is 1. The van der Waals surface area contributed by atoms with Gasteiger partial charge in [0.25, 0.3) is 0 Å². The van der Waals surface area contributed by atoms with Crippen molar-refractivity contribution < 1.29 is 19.0 Å². The van der Waals surface area contributed by atoms with Gasteiger partial charge in [-0.15, -0.1) is 0 Å². The van der Waals surface area contributed by atoms with Gasteiger partial charge in [-0.1, -0.05) is 0 Å². The SMILES string of the molecule is COc1ccc(N)c(C(=O)c2cc(OC)ccc2OC)c1. The van der Waals surface area contributed by atoms with E-state index < -0.39 is 0 Å². The molecule has 5 heteroatoms. The number of anilines is 1. The lowest BCUT2D eigenvalue weighted by Gasteiger charge is -2.12. The highest BCUT2D eigenvalue weighted by atomic mass is 16.5. The van der Waals surface area contributed by atoms with Crippen LogP contribution in [0.4, 0.5) is 5.69 Å². The van der Waals surface area contributed by atoms with E-state index in [0.717, 1.165) is 0 Å². The highest BCUT2D eigenvalue weighted by Crippen LogP contribution is 2.29. The Morgan fingerprint density at radius 3 is 2.00 bits per heavy atom. The molecule has 0 atom stereocenters. The molecule has 2 N–H and O–H groups in total. The van der Waals surface area contributed by atoms with Crippen LogP contribution in [-0.2, 0) is 0 Å². The van der Waals surface area contributed by atoms with Crippen molar-refractivity contribution in [3.63, 3.8) is 0 Å². The van der Waals surface area contributed by atoms with Crippen molar-refractivity contribution in [2.45, 2.75) is 0 Å². The van der Waals surface area contributed by atoms with E-state index in [9.17, 15) is 4.79 Å². The van der Waals surface area contributed by atoms with Gasteiger partial charge in [0.05, 0.1) is 26.9 Å². The lowest BCUT2D eigenvalue weighted by atomic mass is 10.0. The Morgan fingerprint density at radius 1 is 0.857 bits per heavy atom. The highest BCUT2D eigenvalue weighted by Gasteiger charge is 2.18. The second-order valence-electron chi connectivity index (χ2n) is 4.35. The molecule has 2 aromatic rings. The molecule has 0 saturated heterocycles. The number of carbonyl (C=O) groups is 1. The van der Waals surface area contributed by atoms with Gasteiger partial charge >= 0.3 is 0 Å². The van der Waals surface area contributed by atoms with Crippen LogP contribution in [0, 0.1) is 0 Å². The Hall–Kier alpha value is -2.69. The zero-order valence-electron chi connectivity index (χ0n) is 12.2. The summed E-state index contributed by atoms with van der Waals surface area (Å²) in [5.74, 6) is 1.35. The summed E-state index contributed by atoms with van der Waals surface area (Å²) in [6.45, 7) is 0. The van der Waals surface area contributed by atoms with Gasteiger partial charge in [0.15, 0.2) is 5.78 Å². The molecule has 0 aliphatic heterocycles. The predicted molar refractivity (Wildman–Crippen MR) is 80.4 cm³/mol. The van der Waals surface area contributed by atoms with Crippen molar-refractivity contribution in [3.8, 4) is 17.2 Å². The minimum absolute atomic E-state index is 0.248. The average Bonchev–Trinajstić information content (AvgIpc) is 2.54. The van der Waals surface area contributed by atoms with E-state index in [1.165, 1.54) is 21.3 Å². The van der Waals surface area contributed by atoms with Crippen LogP contribution in [0.15, 0.2) is 36.4 Å². The zero-order valence-corrected chi connectivity index (χ0v) is 12.2. The molecule has 110 valence electrons. The molecule has 0 saturated carbocycles. The lowest BCUT2D eigenvalue weighted by Crippen LogP contribution is -2.08. The number of hydrogen-bond donors (Lipinski definition) is 1. The van der Waals surface area contributed by atoms with Crippen molar-refractivity contribution in [3.05, 3.63) is 47.5 Å². The topological polar surface area (TPSA) is 70.8 Å². The Labute approximate surface area is 123 Å². The molecule has 0 bridgehead atoms. The Balaban J connectivity index is 2.53. The monoisotopic (exact) mass is 287 g/mol. The largest absolute Gasteiger partial charge is 0.497 e. The van der Waals surface area contributed by atoms with E-state index in [1.807, 2.05) is 0 Å². The second kappa shape index (κ2) is 6.17. The van der Waals surface area contributed by atoms with Gasteiger partial charge in [-0.05, 0) is 36.4 Å². The molecule has 5 nitrogen and oxygen atoms in total. The molecular weight excluding hydrogens is 270 g/mol. The minimum Gasteiger partial charge on any atom is -0.497 e. The predicted octanol–water partition coefficient (Wildman–Crippen LogP) is 2.53. The van der Waals surface area contributed by atoms with Crippen LogP contribution in [0.1, 0.15) is 15.9 Å². The highest BCUT2D eigenvalue weighted by molar-refractivity contribution is 6.14. The van der Waals surface area contributed by atoms with Crippen LogP contribution in [0.3, 0.4) is 0 Å². The fourth-order valence-corrected chi connectivity index (χ4v) is 2.00. The van der Waals surface area contributed by atoms with Crippen LogP contribution >= 0.6 is 0 Å². The van der Waals surface area contributed by atoms with E-state index in [4.69, 9.17) is 19.9 Å². The summed E-state index contributed by atoms with van der Waals surface area (Å²) in [5.41, 5.74) is 7.02. The van der Waals surface area contributed by atoms with Crippen LogP contribution in [0.25, 0.3) is 0 Å². The number of benzene rings is 2. The molecular formula is C16H17NO4. The smallest absolute Gasteiger partial charge is 0.199 e. The number of nitrogen functional groups attached to an aromatic ring is 1. The maximum Gasteiger partial charge on any atom is 0.199 e. The van der Waals surface area contributed by atoms with Crippen molar-refractivity contribution >= 4 is 11.5 Å². The minimum atomic E-state index is -0.248. The number of hydrogen-bond acceptors (Lipinski definition) is 5. The van der Waals surface area contributed by atoms with E-state index in [-0.39, 0.29) is 5.78 Å². The Morgan fingerprint density at radius 2 is 1.43 bits per heavy atom. The third-order valence-corrected chi connectivity index (χ3v) is 3.16. The second-order valence-corrected chi connectivity index (χ2v) is 4.35. The number of carbonyl (C=O) groups excluding carboxylic acids is 1. The summed E-state index contributed by atoms with van der Waals surface area (Å²) < 4.78 is 15.5. The number of methoxy groups -OCH3 is 3. The van der Waals surface area contributed by atoms with Gasteiger partial charge < -0.3 is 19.9 Å². The van der Waals surface area contributed by atoms with Crippen molar-refractivity contribution in [2.24, 2.45) is 0 Å². The van der Waals surface area contributed by atoms with Gasteiger partial charge in [0, 0.05) is 11.3 Å². The fourth-order valence-electron chi connectivity index (χ4n) is 2.00. The van der Waals surface area contributed by atoms with Crippen LogP contribution in [0.5, 0.6) is 17.2 Å². The standard InChI is InChI=1S/C16H17NO4/c1-19-10-4-6-14(17)12(8-10)16(18)13-9-11(20-2)5-7-15(13)21-3/h4-9H,17H2,1-3H3. The maximum atomic E-state index is 12.7. The molecule has 2 aromatic carbocycles. The van der Waals surface area contributed by atoms with Gasteiger partial charge in [-0.25, -0.2) is 0 Å². The van der Waals surface area contributed by atoms with Gasteiger partial charge in [0.1, 0.15) is 17.2 Å². The normalized spacial score (nSPS) is 10.0. The summed E-state index contributed by atoms with van der Waals surface area (Å²) in [7, 11) is 4.58. The first kappa shape index (κ1) is 14.7. The molecule has 2 rings (SSSR count). The van der Waals surface area contributed by atoms with Gasteiger partial charge in [-0.2, -0.15) is 0 Å².